The van der Waals surface area contributed by atoms with Gasteiger partial charge in [-0.3, -0.25) is 4.79 Å². The van der Waals surface area contributed by atoms with E-state index in [0.717, 1.165) is 35.2 Å². The van der Waals surface area contributed by atoms with Crippen molar-refractivity contribution in [3.05, 3.63) is 89.1 Å². The number of fused-ring (bicyclic) bond motifs is 2. The molecule has 0 bridgehead atoms. The summed E-state index contributed by atoms with van der Waals surface area (Å²) in [4.78, 5) is 31.0. The number of allylic oxidation sites excluding steroid dienone is 1. The molecule has 0 radical (unpaired) electrons. The van der Waals surface area contributed by atoms with E-state index in [9.17, 15) is 9.59 Å². The molecule has 0 saturated carbocycles. The molecule has 8 heteroatoms. The minimum absolute atomic E-state index is 0.412. The molecule has 1 amide bonds. The number of nitrogens with one attached hydrogen (secondary N) is 1. The Labute approximate surface area is 232 Å². The third-order valence-corrected chi connectivity index (χ3v) is 6.83. The number of benzene rings is 3. The molecule has 0 fully saturated rings. The van der Waals surface area contributed by atoms with E-state index in [1.807, 2.05) is 42.5 Å². The molecule has 1 aromatic heterocycles. The molecule has 0 spiro atoms. The van der Waals surface area contributed by atoms with Gasteiger partial charge in [-0.1, -0.05) is 24.3 Å². The van der Waals surface area contributed by atoms with Gasteiger partial charge in [-0.25, -0.2) is 9.78 Å². The lowest BCUT2D eigenvalue weighted by Crippen LogP contribution is -2.22. The number of hydrogen-bond donors (Lipinski definition) is 1. The fourth-order valence-corrected chi connectivity index (χ4v) is 4.93. The molecule has 0 saturated heterocycles. The highest BCUT2D eigenvalue weighted by molar-refractivity contribution is 6.07. The Morgan fingerprint density at radius 1 is 0.900 bits per heavy atom. The van der Waals surface area contributed by atoms with Crippen LogP contribution in [0, 0.1) is 0 Å². The number of carbonyl (C=O) groups is 2. The molecule has 8 nitrogen and oxygen atoms in total. The fourth-order valence-electron chi connectivity index (χ4n) is 4.93. The molecular weight excluding hydrogens is 508 g/mol. The van der Waals surface area contributed by atoms with Crippen molar-refractivity contribution >= 4 is 40.1 Å². The lowest BCUT2D eigenvalue weighted by atomic mass is 9.86. The van der Waals surface area contributed by atoms with Crippen molar-refractivity contribution < 1.29 is 28.5 Å². The average Bonchev–Trinajstić information content (AvgIpc) is 2.99. The van der Waals surface area contributed by atoms with Crippen LogP contribution in [-0.4, -0.2) is 44.8 Å². The normalized spacial score (nSPS) is 13.4. The van der Waals surface area contributed by atoms with Gasteiger partial charge in [-0.2, -0.15) is 0 Å². The first kappa shape index (κ1) is 26.7. The van der Waals surface area contributed by atoms with Gasteiger partial charge in [0.25, 0.3) is 5.91 Å². The van der Waals surface area contributed by atoms with E-state index in [0.29, 0.717) is 45.8 Å². The Morgan fingerprint density at radius 3 is 2.42 bits per heavy atom. The summed E-state index contributed by atoms with van der Waals surface area (Å²) in [5.41, 5.74) is 5.29. The average molecular weight is 539 g/mol. The Kier molecular flexibility index (Phi) is 7.96. The third kappa shape index (κ3) is 5.61. The summed E-state index contributed by atoms with van der Waals surface area (Å²) >= 11 is 0. The van der Waals surface area contributed by atoms with Crippen molar-refractivity contribution in [3.8, 4) is 17.2 Å². The van der Waals surface area contributed by atoms with Crippen LogP contribution < -0.4 is 19.5 Å². The summed E-state index contributed by atoms with van der Waals surface area (Å²) in [5, 5.41) is 3.44. The largest absolute Gasteiger partial charge is 0.497 e. The van der Waals surface area contributed by atoms with Gasteiger partial charge in [-0.15, -0.1) is 0 Å². The van der Waals surface area contributed by atoms with Crippen molar-refractivity contribution in [1.82, 2.24) is 4.98 Å². The van der Waals surface area contributed by atoms with Crippen molar-refractivity contribution in [3.63, 3.8) is 0 Å². The first-order valence-corrected chi connectivity index (χ1v) is 13.0. The fraction of sp³-hybridized carbons (Fsp3) is 0.219. The van der Waals surface area contributed by atoms with E-state index < -0.39 is 18.5 Å². The van der Waals surface area contributed by atoms with Crippen molar-refractivity contribution in [1.29, 1.82) is 0 Å². The summed E-state index contributed by atoms with van der Waals surface area (Å²) < 4.78 is 21.5. The van der Waals surface area contributed by atoms with Crippen molar-refractivity contribution in [2.24, 2.45) is 0 Å². The smallest absolute Gasteiger partial charge is 0.339 e. The van der Waals surface area contributed by atoms with Crippen molar-refractivity contribution in [2.75, 3.05) is 33.3 Å². The van der Waals surface area contributed by atoms with Crippen LogP contribution in [-0.2, 0) is 16.0 Å². The number of esters is 1. The summed E-state index contributed by atoms with van der Waals surface area (Å²) in [7, 11) is 4.78. The lowest BCUT2D eigenvalue weighted by Gasteiger charge is -2.22. The molecule has 204 valence electrons. The number of carbonyl (C=O) groups excluding carboxylic acids is 2. The number of anilines is 1. The molecule has 40 heavy (non-hydrogen) atoms. The van der Waals surface area contributed by atoms with Gasteiger partial charge < -0.3 is 24.3 Å². The van der Waals surface area contributed by atoms with Crippen LogP contribution in [0.2, 0.25) is 0 Å². The Bertz CT molecular complexity index is 1590. The Balaban J connectivity index is 1.44. The first-order valence-electron chi connectivity index (χ1n) is 13.0. The number of para-hydroxylation sites is 1. The molecule has 1 heterocycles. The Hall–Kier alpha value is -4.85. The van der Waals surface area contributed by atoms with E-state index in [1.165, 1.54) is 0 Å². The van der Waals surface area contributed by atoms with Gasteiger partial charge in [0.1, 0.15) is 5.75 Å². The number of nitrogens with zero attached hydrogens (tertiary/aromatic N) is 1. The topological polar surface area (TPSA) is 96.0 Å². The predicted octanol–water partition coefficient (Wildman–Crippen LogP) is 5.93. The zero-order valence-corrected chi connectivity index (χ0v) is 22.7. The standard InChI is InChI=1S/C32H30N2O6/c1-37-23-14-12-22(13-15-23)33-29(35)19-40-32(36)30-24-8-4-5-10-26(24)34-31-21(7-6-9-25(30)31)17-20-11-16-27(38-2)28(18-20)39-3/h4-5,8,10-18H,6-7,9,19H2,1-3H3,(H,33,35). The van der Waals surface area contributed by atoms with Crippen LogP contribution in [0.5, 0.6) is 17.2 Å². The maximum Gasteiger partial charge on any atom is 0.339 e. The second kappa shape index (κ2) is 11.9. The van der Waals surface area contributed by atoms with E-state index in [-0.39, 0.29) is 0 Å². The molecule has 0 unspecified atom stereocenters. The predicted molar refractivity (Wildman–Crippen MR) is 154 cm³/mol. The van der Waals surface area contributed by atoms with Crippen LogP contribution in [0.1, 0.15) is 40.0 Å². The highest BCUT2D eigenvalue weighted by atomic mass is 16.5. The number of ether oxygens (including phenoxy) is 4. The van der Waals surface area contributed by atoms with Gasteiger partial charge in [-0.05, 0) is 84.5 Å². The number of aromatic nitrogens is 1. The first-order chi connectivity index (χ1) is 19.5. The number of methoxy groups -OCH3 is 3. The molecular formula is C32H30N2O6. The molecule has 0 atom stereocenters. The summed E-state index contributed by atoms with van der Waals surface area (Å²) in [5.74, 6) is 0.987. The van der Waals surface area contributed by atoms with Gasteiger partial charge in [0, 0.05) is 11.1 Å². The molecule has 5 rings (SSSR count). The van der Waals surface area contributed by atoms with E-state index >= 15 is 0 Å². The van der Waals surface area contributed by atoms with Gasteiger partial charge in [0.05, 0.1) is 38.1 Å². The van der Waals surface area contributed by atoms with E-state index in [1.54, 1.807) is 45.6 Å². The molecule has 3 aromatic carbocycles. The quantitative estimate of drug-likeness (QED) is 0.278. The van der Waals surface area contributed by atoms with Crippen molar-refractivity contribution in [2.45, 2.75) is 19.3 Å². The minimum atomic E-state index is -0.549. The van der Waals surface area contributed by atoms with Crippen LogP contribution in [0.25, 0.3) is 22.6 Å². The molecule has 1 aliphatic rings. The highest BCUT2D eigenvalue weighted by Crippen LogP contribution is 2.37. The zero-order valence-electron chi connectivity index (χ0n) is 22.7. The molecule has 0 aliphatic heterocycles. The third-order valence-electron chi connectivity index (χ3n) is 6.83. The van der Waals surface area contributed by atoms with Gasteiger partial charge >= 0.3 is 5.97 Å². The number of pyridine rings is 1. The minimum Gasteiger partial charge on any atom is -0.497 e. The summed E-state index contributed by atoms with van der Waals surface area (Å²) in [6, 6.07) is 20.2. The van der Waals surface area contributed by atoms with Crippen LogP contribution in [0.15, 0.2) is 66.7 Å². The van der Waals surface area contributed by atoms with Gasteiger partial charge in [0.15, 0.2) is 18.1 Å². The van der Waals surface area contributed by atoms with E-state index in [4.69, 9.17) is 23.9 Å². The number of hydrogen-bond acceptors (Lipinski definition) is 7. The molecule has 1 N–H and O–H groups in total. The monoisotopic (exact) mass is 538 g/mol. The summed E-state index contributed by atoms with van der Waals surface area (Å²) in [6.45, 7) is -0.412. The number of amides is 1. The summed E-state index contributed by atoms with van der Waals surface area (Å²) in [6.07, 6.45) is 4.41. The number of rotatable bonds is 8. The van der Waals surface area contributed by atoms with E-state index in [2.05, 4.69) is 11.4 Å². The van der Waals surface area contributed by atoms with Gasteiger partial charge in [0.2, 0.25) is 0 Å². The zero-order chi connectivity index (χ0) is 28.1. The lowest BCUT2D eigenvalue weighted by molar-refractivity contribution is -0.119. The SMILES string of the molecule is COc1ccc(NC(=O)COC(=O)c2c3c(nc4ccccc24)C(=Cc2ccc(OC)c(OC)c2)CCC3)cc1. The second-order valence-electron chi connectivity index (χ2n) is 9.32. The maximum atomic E-state index is 13.5. The Morgan fingerprint density at radius 2 is 1.68 bits per heavy atom. The van der Waals surface area contributed by atoms with Crippen LogP contribution in [0.3, 0.4) is 0 Å². The molecule has 4 aromatic rings. The molecule has 1 aliphatic carbocycles. The van der Waals surface area contributed by atoms with Crippen LogP contribution >= 0.6 is 0 Å². The highest BCUT2D eigenvalue weighted by Gasteiger charge is 2.26. The maximum absolute atomic E-state index is 13.5. The second-order valence-corrected chi connectivity index (χ2v) is 9.32. The van der Waals surface area contributed by atoms with Crippen LogP contribution in [0.4, 0.5) is 5.69 Å².